The predicted octanol–water partition coefficient (Wildman–Crippen LogP) is 2.06. The quantitative estimate of drug-likeness (QED) is 0.703. The van der Waals surface area contributed by atoms with Gasteiger partial charge in [-0.15, -0.1) is 0 Å². The maximum atomic E-state index is 11.8. The SMILES string of the molecule is O=CC1CCCN1C(=O)OCC1=CCCC=C1. The maximum Gasteiger partial charge on any atom is 0.410 e. The monoisotopic (exact) mass is 235 g/mol. The first-order chi connectivity index (χ1) is 8.31. The third kappa shape index (κ3) is 2.96. The van der Waals surface area contributed by atoms with Gasteiger partial charge in [0.25, 0.3) is 0 Å². The molecule has 0 bridgehead atoms. The summed E-state index contributed by atoms with van der Waals surface area (Å²) in [6, 6.07) is -0.293. The highest BCUT2D eigenvalue weighted by Crippen LogP contribution is 2.17. The standard InChI is InChI=1S/C13H17NO3/c15-9-12-7-4-8-14(12)13(16)17-10-11-5-2-1-3-6-11/h2,5-6,9,12H,1,3-4,7-8,10H2. The highest BCUT2D eigenvalue weighted by molar-refractivity contribution is 5.74. The van der Waals surface area contributed by atoms with E-state index in [1.807, 2.05) is 6.08 Å². The van der Waals surface area contributed by atoms with Gasteiger partial charge in [0.1, 0.15) is 12.9 Å². The van der Waals surface area contributed by atoms with Crippen LogP contribution < -0.4 is 0 Å². The summed E-state index contributed by atoms with van der Waals surface area (Å²) in [6.07, 6.45) is 10.3. The molecule has 2 rings (SSSR count). The average molecular weight is 235 g/mol. The molecule has 0 aromatic heterocycles. The fraction of sp³-hybridized carbons (Fsp3) is 0.538. The van der Waals surface area contributed by atoms with E-state index in [0.717, 1.165) is 37.5 Å². The van der Waals surface area contributed by atoms with Crippen LogP contribution in [0.25, 0.3) is 0 Å². The minimum atomic E-state index is -0.375. The normalized spacial score (nSPS) is 23.4. The third-order valence-corrected chi connectivity index (χ3v) is 3.12. The van der Waals surface area contributed by atoms with Gasteiger partial charge >= 0.3 is 6.09 Å². The van der Waals surface area contributed by atoms with Crippen LogP contribution in [0.5, 0.6) is 0 Å². The summed E-state index contributed by atoms with van der Waals surface area (Å²) in [5, 5.41) is 0. The van der Waals surface area contributed by atoms with Crippen molar-refractivity contribution in [3.05, 3.63) is 23.8 Å². The van der Waals surface area contributed by atoms with Crippen LogP contribution in [0.15, 0.2) is 23.8 Å². The van der Waals surface area contributed by atoms with Crippen molar-refractivity contribution in [3.8, 4) is 0 Å². The topological polar surface area (TPSA) is 46.6 Å². The molecule has 1 aliphatic carbocycles. The van der Waals surface area contributed by atoms with Crippen LogP contribution >= 0.6 is 0 Å². The largest absolute Gasteiger partial charge is 0.445 e. The van der Waals surface area contributed by atoms with Gasteiger partial charge in [0.2, 0.25) is 0 Å². The second-order valence-electron chi connectivity index (χ2n) is 4.35. The van der Waals surface area contributed by atoms with E-state index in [1.165, 1.54) is 4.90 Å². The van der Waals surface area contributed by atoms with Crippen molar-refractivity contribution >= 4 is 12.4 Å². The number of hydrogen-bond donors (Lipinski definition) is 0. The van der Waals surface area contributed by atoms with Crippen LogP contribution in [0.4, 0.5) is 4.79 Å². The summed E-state index contributed by atoms with van der Waals surface area (Å²) < 4.78 is 5.21. The molecule has 0 aromatic carbocycles. The second-order valence-corrected chi connectivity index (χ2v) is 4.35. The van der Waals surface area contributed by atoms with E-state index < -0.39 is 0 Å². The predicted molar refractivity (Wildman–Crippen MR) is 63.6 cm³/mol. The van der Waals surface area contributed by atoms with Gasteiger partial charge in [0.05, 0.1) is 6.04 Å². The molecule has 0 radical (unpaired) electrons. The molecule has 1 aliphatic heterocycles. The van der Waals surface area contributed by atoms with Gasteiger partial charge in [-0.1, -0.05) is 18.2 Å². The molecule has 2 aliphatic rings. The number of hydrogen-bond acceptors (Lipinski definition) is 3. The zero-order chi connectivity index (χ0) is 12.1. The first-order valence-electron chi connectivity index (χ1n) is 6.05. The van der Waals surface area contributed by atoms with Gasteiger partial charge in [-0.3, -0.25) is 4.90 Å². The molecular formula is C13H17NO3. The summed E-state index contributed by atoms with van der Waals surface area (Å²) in [7, 11) is 0. The van der Waals surface area contributed by atoms with Crippen molar-refractivity contribution in [2.45, 2.75) is 31.7 Å². The van der Waals surface area contributed by atoms with Crippen molar-refractivity contribution in [2.75, 3.05) is 13.2 Å². The maximum absolute atomic E-state index is 11.8. The highest BCUT2D eigenvalue weighted by Gasteiger charge is 2.29. The van der Waals surface area contributed by atoms with Crippen LogP contribution in [0, 0.1) is 0 Å². The smallest absolute Gasteiger partial charge is 0.410 e. The minimum Gasteiger partial charge on any atom is -0.445 e. The molecule has 1 fully saturated rings. The Kier molecular flexibility index (Phi) is 3.96. The second kappa shape index (κ2) is 5.66. The molecule has 0 saturated carbocycles. The molecule has 0 spiro atoms. The molecular weight excluding hydrogens is 218 g/mol. The highest BCUT2D eigenvalue weighted by atomic mass is 16.6. The third-order valence-electron chi connectivity index (χ3n) is 3.12. The molecule has 0 N–H and O–H groups in total. The molecule has 4 heteroatoms. The van der Waals surface area contributed by atoms with Crippen molar-refractivity contribution in [2.24, 2.45) is 0 Å². The number of aldehydes is 1. The lowest BCUT2D eigenvalue weighted by atomic mass is 10.1. The fourth-order valence-electron chi connectivity index (χ4n) is 2.16. The first kappa shape index (κ1) is 11.9. The molecule has 1 saturated heterocycles. The van der Waals surface area contributed by atoms with Crippen molar-refractivity contribution in [1.82, 2.24) is 4.90 Å². The summed E-state index contributed by atoms with van der Waals surface area (Å²) >= 11 is 0. The minimum absolute atomic E-state index is 0.293. The number of likely N-dealkylation sites (tertiary alicyclic amines) is 1. The summed E-state index contributed by atoms with van der Waals surface area (Å²) in [6.45, 7) is 0.925. The average Bonchev–Trinajstić information content (AvgIpc) is 2.85. The molecule has 1 heterocycles. The van der Waals surface area contributed by atoms with Crippen molar-refractivity contribution in [1.29, 1.82) is 0 Å². The lowest BCUT2D eigenvalue weighted by molar-refractivity contribution is -0.111. The lowest BCUT2D eigenvalue weighted by Crippen LogP contribution is -2.37. The van der Waals surface area contributed by atoms with Crippen LogP contribution in [0.2, 0.25) is 0 Å². The van der Waals surface area contributed by atoms with Gasteiger partial charge in [-0.05, 0) is 31.3 Å². The number of ether oxygens (including phenoxy) is 1. The number of rotatable bonds is 3. The van der Waals surface area contributed by atoms with Gasteiger partial charge in [-0.25, -0.2) is 4.79 Å². The van der Waals surface area contributed by atoms with Crippen molar-refractivity contribution < 1.29 is 14.3 Å². The number of amides is 1. The van der Waals surface area contributed by atoms with Crippen LogP contribution in [-0.2, 0) is 9.53 Å². The van der Waals surface area contributed by atoms with E-state index >= 15 is 0 Å². The lowest BCUT2D eigenvalue weighted by Gasteiger charge is -2.20. The molecule has 1 unspecified atom stereocenters. The van der Waals surface area contributed by atoms with E-state index in [4.69, 9.17) is 4.74 Å². The Hall–Kier alpha value is -1.58. The number of allylic oxidation sites excluding steroid dienone is 2. The number of nitrogens with zero attached hydrogens (tertiary/aromatic N) is 1. The van der Waals surface area contributed by atoms with E-state index in [0.29, 0.717) is 13.2 Å². The molecule has 0 aromatic rings. The molecule has 1 amide bonds. The van der Waals surface area contributed by atoms with Crippen LogP contribution in [0.1, 0.15) is 25.7 Å². The Bertz CT molecular complexity index is 360. The summed E-state index contributed by atoms with van der Waals surface area (Å²) in [4.78, 5) is 24.0. The van der Waals surface area contributed by atoms with E-state index in [1.54, 1.807) is 0 Å². The number of carbonyl (C=O) groups is 2. The zero-order valence-corrected chi connectivity index (χ0v) is 9.80. The van der Waals surface area contributed by atoms with E-state index in [9.17, 15) is 9.59 Å². The Labute approximate surface area is 101 Å². The van der Waals surface area contributed by atoms with Gasteiger partial charge in [0.15, 0.2) is 0 Å². The van der Waals surface area contributed by atoms with Crippen LogP contribution in [-0.4, -0.2) is 36.5 Å². The molecule has 92 valence electrons. The fourth-order valence-corrected chi connectivity index (χ4v) is 2.16. The Morgan fingerprint density at radius 1 is 1.53 bits per heavy atom. The van der Waals surface area contributed by atoms with Gasteiger partial charge in [-0.2, -0.15) is 0 Å². The molecule has 4 nitrogen and oxygen atoms in total. The Balaban J connectivity index is 1.82. The van der Waals surface area contributed by atoms with E-state index in [2.05, 4.69) is 12.2 Å². The van der Waals surface area contributed by atoms with Crippen molar-refractivity contribution in [3.63, 3.8) is 0 Å². The van der Waals surface area contributed by atoms with Gasteiger partial charge < -0.3 is 9.53 Å². The molecule has 17 heavy (non-hydrogen) atoms. The van der Waals surface area contributed by atoms with E-state index in [-0.39, 0.29) is 12.1 Å². The Morgan fingerprint density at radius 3 is 3.12 bits per heavy atom. The number of carbonyl (C=O) groups excluding carboxylic acids is 2. The first-order valence-corrected chi connectivity index (χ1v) is 6.05. The summed E-state index contributed by atoms with van der Waals surface area (Å²) in [5.41, 5.74) is 1.03. The summed E-state index contributed by atoms with van der Waals surface area (Å²) in [5.74, 6) is 0. The van der Waals surface area contributed by atoms with Crippen LogP contribution in [0.3, 0.4) is 0 Å². The molecule has 1 atom stereocenters. The van der Waals surface area contributed by atoms with Gasteiger partial charge in [0, 0.05) is 6.54 Å². The zero-order valence-electron chi connectivity index (χ0n) is 9.80. The Morgan fingerprint density at radius 2 is 2.41 bits per heavy atom.